The molecule has 0 unspecified atom stereocenters. The molecule has 2 aromatic heterocycles. The van der Waals surface area contributed by atoms with Gasteiger partial charge in [-0.1, -0.05) is 11.6 Å². The molecule has 0 fully saturated rings. The molecule has 19 heavy (non-hydrogen) atoms. The van der Waals surface area contributed by atoms with Gasteiger partial charge in [0.05, 0.1) is 10.7 Å². The Hall–Kier alpha value is -1.66. The van der Waals surface area contributed by atoms with E-state index in [9.17, 15) is 4.39 Å². The van der Waals surface area contributed by atoms with Crippen LogP contribution in [0, 0.1) is 5.82 Å². The summed E-state index contributed by atoms with van der Waals surface area (Å²) in [5.41, 5.74) is 7.41. The molecule has 96 valence electrons. The number of hydrogen-bond acceptors (Lipinski definition) is 3. The molecule has 7 heteroatoms. The number of nitrogens with zero attached hydrogens (tertiary/aromatic N) is 3. The number of rotatable bonds is 1. The lowest BCUT2D eigenvalue weighted by Gasteiger charge is -2.08. The van der Waals surface area contributed by atoms with E-state index in [0.29, 0.717) is 21.9 Å². The van der Waals surface area contributed by atoms with Crippen LogP contribution in [0.2, 0.25) is 5.02 Å². The number of halogens is 3. The van der Waals surface area contributed by atoms with Crippen molar-refractivity contribution >= 4 is 44.6 Å². The number of pyridine rings is 1. The van der Waals surface area contributed by atoms with Crippen molar-refractivity contribution in [1.29, 1.82) is 0 Å². The third kappa shape index (κ3) is 2.06. The Kier molecular flexibility index (Phi) is 2.91. The number of hydrogen-bond donors (Lipinski definition) is 1. The molecule has 0 amide bonds. The van der Waals surface area contributed by atoms with Crippen molar-refractivity contribution in [2.45, 2.75) is 0 Å². The molecule has 0 aliphatic heterocycles. The molecule has 0 bridgehead atoms. The van der Waals surface area contributed by atoms with E-state index in [-0.39, 0.29) is 5.95 Å². The molecule has 2 heterocycles. The molecule has 3 rings (SSSR count). The van der Waals surface area contributed by atoms with Crippen molar-refractivity contribution in [2.75, 3.05) is 5.73 Å². The molecule has 0 spiro atoms. The summed E-state index contributed by atoms with van der Waals surface area (Å²) in [5, 5.41) is 0.372. The highest BCUT2D eigenvalue weighted by atomic mass is 79.9. The summed E-state index contributed by atoms with van der Waals surface area (Å²) in [4.78, 5) is 8.43. The molecular weight excluding hydrogens is 335 g/mol. The molecule has 1 aromatic carbocycles. The van der Waals surface area contributed by atoms with Crippen molar-refractivity contribution in [2.24, 2.45) is 0 Å². The molecule has 0 saturated carbocycles. The summed E-state index contributed by atoms with van der Waals surface area (Å²) in [6.45, 7) is 0. The maximum absolute atomic E-state index is 13.4. The van der Waals surface area contributed by atoms with E-state index < -0.39 is 5.82 Å². The van der Waals surface area contributed by atoms with Crippen molar-refractivity contribution in [3.63, 3.8) is 0 Å². The largest absolute Gasteiger partial charge is 0.369 e. The number of aromatic nitrogens is 3. The second-order valence-corrected chi connectivity index (χ2v) is 5.22. The van der Waals surface area contributed by atoms with Crippen LogP contribution in [0.4, 0.5) is 10.3 Å². The molecule has 3 aromatic rings. The summed E-state index contributed by atoms with van der Waals surface area (Å²) in [6, 6.07) is 5.83. The lowest BCUT2D eigenvalue weighted by molar-refractivity contribution is 0.627. The van der Waals surface area contributed by atoms with Crippen LogP contribution in [0.5, 0.6) is 0 Å². The molecule has 4 nitrogen and oxygen atoms in total. The molecule has 0 radical (unpaired) electrons. The molecule has 2 N–H and O–H groups in total. The average Bonchev–Trinajstić information content (AvgIpc) is 2.67. The zero-order valence-corrected chi connectivity index (χ0v) is 11.8. The minimum atomic E-state index is -0.405. The third-order valence-corrected chi connectivity index (χ3v) is 3.39. The smallest absolute Gasteiger partial charge is 0.207 e. The molecule has 0 aliphatic carbocycles. The van der Waals surface area contributed by atoms with E-state index in [1.165, 1.54) is 22.8 Å². The van der Waals surface area contributed by atoms with Crippen LogP contribution < -0.4 is 5.73 Å². The first-order valence-electron chi connectivity index (χ1n) is 5.31. The van der Waals surface area contributed by atoms with Gasteiger partial charge < -0.3 is 5.73 Å². The normalized spacial score (nSPS) is 11.1. The van der Waals surface area contributed by atoms with Gasteiger partial charge in [0.15, 0.2) is 5.65 Å². The Morgan fingerprint density at radius 2 is 2.11 bits per heavy atom. The first-order valence-corrected chi connectivity index (χ1v) is 6.48. The predicted molar refractivity (Wildman–Crippen MR) is 75.9 cm³/mol. The van der Waals surface area contributed by atoms with Crippen LogP contribution in [-0.4, -0.2) is 14.5 Å². The van der Waals surface area contributed by atoms with E-state index in [4.69, 9.17) is 17.3 Å². The predicted octanol–water partition coefficient (Wildman–Crippen LogP) is 3.56. The van der Waals surface area contributed by atoms with Gasteiger partial charge in [0.1, 0.15) is 11.3 Å². The van der Waals surface area contributed by atoms with Crippen molar-refractivity contribution < 1.29 is 4.39 Å². The number of nitrogen functional groups attached to an aromatic ring is 1. The lowest BCUT2D eigenvalue weighted by atomic mass is 10.3. The molecule has 0 aliphatic rings. The van der Waals surface area contributed by atoms with Gasteiger partial charge in [-0.3, -0.25) is 4.57 Å². The van der Waals surface area contributed by atoms with E-state index in [0.717, 1.165) is 4.47 Å². The van der Waals surface area contributed by atoms with Crippen LogP contribution in [0.3, 0.4) is 0 Å². The van der Waals surface area contributed by atoms with Crippen LogP contribution in [0.25, 0.3) is 16.9 Å². The Bertz CT molecular complexity index is 787. The van der Waals surface area contributed by atoms with Crippen LogP contribution in [0.15, 0.2) is 34.9 Å². The van der Waals surface area contributed by atoms with Crippen molar-refractivity contribution in [1.82, 2.24) is 14.5 Å². The molecular formula is C12H7BrClFN4. The minimum Gasteiger partial charge on any atom is -0.369 e. The second kappa shape index (κ2) is 4.47. The zero-order chi connectivity index (χ0) is 13.6. The summed E-state index contributed by atoms with van der Waals surface area (Å²) in [5.74, 6) is -0.203. The van der Waals surface area contributed by atoms with Gasteiger partial charge in [-0.25, -0.2) is 14.4 Å². The fourth-order valence-corrected chi connectivity index (χ4v) is 2.37. The van der Waals surface area contributed by atoms with E-state index in [1.54, 1.807) is 12.3 Å². The quantitative estimate of drug-likeness (QED) is 0.736. The first-order chi connectivity index (χ1) is 9.06. The minimum absolute atomic E-state index is 0.202. The lowest BCUT2D eigenvalue weighted by Crippen LogP contribution is -2.02. The SMILES string of the molecule is Nc1nc2cc(Br)cnc2n1-c1cc(F)ccc1Cl. The van der Waals surface area contributed by atoms with Gasteiger partial charge in [-0.05, 0) is 40.2 Å². The standard InChI is InChI=1S/C12H7BrClFN4/c13-6-3-9-11(17-5-6)19(12(16)18-9)10-4-7(15)1-2-8(10)14/h1-5H,(H2,16,18). The van der Waals surface area contributed by atoms with Crippen LogP contribution >= 0.6 is 27.5 Å². The second-order valence-electron chi connectivity index (χ2n) is 3.90. The number of benzene rings is 1. The van der Waals surface area contributed by atoms with Gasteiger partial charge in [-0.15, -0.1) is 0 Å². The summed E-state index contributed by atoms with van der Waals surface area (Å²) >= 11 is 9.39. The summed E-state index contributed by atoms with van der Waals surface area (Å²) in [6.07, 6.45) is 1.62. The Labute approximate surface area is 121 Å². The van der Waals surface area contributed by atoms with E-state index in [1.807, 2.05) is 0 Å². The fraction of sp³-hybridized carbons (Fsp3) is 0. The molecule has 0 atom stereocenters. The third-order valence-electron chi connectivity index (χ3n) is 2.64. The zero-order valence-electron chi connectivity index (χ0n) is 9.44. The van der Waals surface area contributed by atoms with Gasteiger partial charge in [0.2, 0.25) is 5.95 Å². The summed E-state index contributed by atoms with van der Waals surface area (Å²) in [7, 11) is 0. The monoisotopic (exact) mass is 340 g/mol. The van der Waals surface area contributed by atoms with Crippen LogP contribution in [0.1, 0.15) is 0 Å². The highest BCUT2D eigenvalue weighted by Gasteiger charge is 2.14. The Balaban J connectivity index is 2.36. The maximum Gasteiger partial charge on any atom is 0.207 e. The first kappa shape index (κ1) is 12.4. The number of anilines is 1. The average molecular weight is 342 g/mol. The molecule has 0 saturated heterocycles. The number of fused-ring (bicyclic) bond motifs is 1. The van der Waals surface area contributed by atoms with E-state index >= 15 is 0 Å². The van der Waals surface area contributed by atoms with Crippen molar-refractivity contribution in [3.05, 3.63) is 45.8 Å². The van der Waals surface area contributed by atoms with Gasteiger partial charge >= 0.3 is 0 Å². The summed E-state index contributed by atoms with van der Waals surface area (Å²) < 4.78 is 15.7. The van der Waals surface area contributed by atoms with Crippen LogP contribution in [-0.2, 0) is 0 Å². The fourth-order valence-electron chi connectivity index (χ4n) is 1.85. The number of nitrogens with two attached hydrogens (primary N) is 1. The maximum atomic E-state index is 13.4. The Morgan fingerprint density at radius 3 is 2.89 bits per heavy atom. The van der Waals surface area contributed by atoms with Crippen molar-refractivity contribution in [3.8, 4) is 5.69 Å². The van der Waals surface area contributed by atoms with Gasteiger partial charge in [0.25, 0.3) is 0 Å². The topological polar surface area (TPSA) is 56.7 Å². The highest BCUT2D eigenvalue weighted by molar-refractivity contribution is 9.10. The van der Waals surface area contributed by atoms with Gasteiger partial charge in [-0.2, -0.15) is 0 Å². The van der Waals surface area contributed by atoms with Gasteiger partial charge in [0, 0.05) is 10.7 Å². The highest BCUT2D eigenvalue weighted by Crippen LogP contribution is 2.28. The van der Waals surface area contributed by atoms with E-state index in [2.05, 4.69) is 25.9 Å². The number of imidazole rings is 1. The Morgan fingerprint density at radius 1 is 1.32 bits per heavy atom.